The average molecular weight is 216 g/mol. The van der Waals surface area contributed by atoms with E-state index in [1.165, 1.54) is 6.07 Å². The first-order valence-electron chi connectivity index (χ1n) is 3.56. The molecule has 1 heterocycles. The van der Waals surface area contributed by atoms with Gasteiger partial charge in [0.1, 0.15) is 11.3 Å². The van der Waals surface area contributed by atoms with E-state index >= 15 is 0 Å². The highest BCUT2D eigenvalue weighted by Crippen LogP contribution is 2.18. The second kappa shape index (κ2) is 2.76. The summed E-state index contributed by atoms with van der Waals surface area (Å²) in [5, 5.41) is 4.17. The molecule has 14 heavy (non-hydrogen) atoms. The van der Waals surface area contributed by atoms with Gasteiger partial charge in [-0.3, -0.25) is 0 Å². The van der Waals surface area contributed by atoms with E-state index in [1.807, 2.05) is 0 Å². The summed E-state index contributed by atoms with van der Waals surface area (Å²) in [6.07, 6.45) is 0. The van der Waals surface area contributed by atoms with Crippen LogP contribution >= 0.6 is 0 Å². The maximum Gasteiger partial charge on any atom is 0.331 e. The molecule has 0 amide bonds. The van der Waals surface area contributed by atoms with Gasteiger partial charge in [0, 0.05) is 6.07 Å². The van der Waals surface area contributed by atoms with Crippen molar-refractivity contribution in [2.75, 3.05) is 0 Å². The molecule has 0 radical (unpaired) electrons. The lowest BCUT2D eigenvalue weighted by Crippen LogP contribution is -2.12. The van der Waals surface area contributed by atoms with Crippen molar-refractivity contribution >= 4 is 21.1 Å². The number of fused-ring (bicyclic) bond motifs is 1. The molecule has 1 aromatic carbocycles. The number of benzene rings is 1. The van der Waals surface area contributed by atoms with Gasteiger partial charge in [0.05, 0.1) is 0 Å². The molecule has 5 nitrogen and oxygen atoms in total. The van der Waals surface area contributed by atoms with E-state index in [9.17, 15) is 12.8 Å². The second-order valence-electron chi connectivity index (χ2n) is 2.64. The third kappa shape index (κ3) is 1.47. The summed E-state index contributed by atoms with van der Waals surface area (Å²) in [5.74, 6) is -0.522. The molecule has 7 heteroatoms. The molecule has 0 saturated heterocycles. The quantitative estimate of drug-likeness (QED) is 0.756. The Bertz CT molecular complexity index is 590. The van der Waals surface area contributed by atoms with Gasteiger partial charge in [-0.25, -0.2) is 17.9 Å². The molecule has 0 bridgehead atoms. The third-order valence-corrected chi connectivity index (χ3v) is 2.23. The Morgan fingerprint density at radius 3 is 2.79 bits per heavy atom. The molecule has 74 valence electrons. The number of primary sulfonamides is 1. The zero-order valence-corrected chi connectivity index (χ0v) is 7.58. The molecule has 2 aromatic rings. The van der Waals surface area contributed by atoms with Crippen LogP contribution in [-0.2, 0) is 10.0 Å². The van der Waals surface area contributed by atoms with Gasteiger partial charge in [-0.2, -0.15) is 4.98 Å². The number of nitrogens with two attached hydrogens (primary N) is 1. The van der Waals surface area contributed by atoms with E-state index in [-0.39, 0.29) is 11.1 Å². The summed E-state index contributed by atoms with van der Waals surface area (Å²) in [6.45, 7) is 0. The molecule has 2 N–H and O–H groups in total. The second-order valence-corrected chi connectivity index (χ2v) is 4.08. The van der Waals surface area contributed by atoms with Gasteiger partial charge < -0.3 is 4.42 Å². The summed E-state index contributed by atoms with van der Waals surface area (Å²) in [5.41, 5.74) is 0.296. The van der Waals surface area contributed by atoms with Crippen LogP contribution in [0.3, 0.4) is 0 Å². The van der Waals surface area contributed by atoms with Gasteiger partial charge in [0.15, 0.2) is 5.58 Å². The van der Waals surface area contributed by atoms with Gasteiger partial charge in [-0.15, -0.1) is 0 Å². The monoisotopic (exact) mass is 216 g/mol. The third-order valence-electron chi connectivity index (χ3n) is 1.57. The topological polar surface area (TPSA) is 86.2 Å². The van der Waals surface area contributed by atoms with E-state index in [0.717, 1.165) is 12.1 Å². The highest BCUT2D eigenvalue weighted by atomic mass is 32.2. The lowest BCUT2D eigenvalue weighted by molar-refractivity contribution is 0.459. The fourth-order valence-electron chi connectivity index (χ4n) is 1.00. The van der Waals surface area contributed by atoms with Crippen LogP contribution in [0.4, 0.5) is 4.39 Å². The standard InChI is InChI=1S/C7H5FN2O3S/c8-4-1-2-6-5(3-4)10-7(13-6)14(9,11)12/h1-3H,(H2,9,11,12). The Morgan fingerprint density at radius 2 is 2.14 bits per heavy atom. The molecular formula is C7H5FN2O3S. The van der Waals surface area contributed by atoms with Gasteiger partial charge in [0.25, 0.3) is 10.0 Å². The lowest BCUT2D eigenvalue weighted by atomic mass is 10.3. The van der Waals surface area contributed by atoms with Crippen molar-refractivity contribution in [2.24, 2.45) is 5.14 Å². The number of sulfonamides is 1. The van der Waals surface area contributed by atoms with Gasteiger partial charge >= 0.3 is 5.22 Å². The number of halogens is 1. The molecule has 0 unspecified atom stereocenters. The predicted octanol–water partition coefficient (Wildman–Crippen LogP) is 0.614. The van der Waals surface area contributed by atoms with E-state index < -0.39 is 21.1 Å². The molecule has 2 rings (SSSR count). The number of nitrogens with zero attached hydrogens (tertiary/aromatic N) is 1. The summed E-state index contributed by atoms with van der Waals surface area (Å²) in [6, 6.07) is 3.49. The van der Waals surface area contributed by atoms with Crippen LogP contribution in [0.25, 0.3) is 11.1 Å². The molecule has 0 saturated carbocycles. The van der Waals surface area contributed by atoms with Crippen molar-refractivity contribution in [1.29, 1.82) is 0 Å². The average Bonchev–Trinajstić information content (AvgIpc) is 2.45. The lowest BCUT2D eigenvalue weighted by Gasteiger charge is -1.85. The highest BCUT2D eigenvalue weighted by Gasteiger charge is 2.16. The minimum Gasteiger partial charge on any atom is -0.427 e. The maximum absolute atomic E-state index is 12.7. The molecule has 0 aliphatic rings. The number of aromatic nitrogens is 1. The molecule has 1 aromatic heterocycles. The predicted molar refractivity (Wildman–Crippen MR) is 45.3 cm³/mol. The first-order valence-corrected chi connectivity index (χ1v) is 5.10. The van der Waals surface area contributed by atoms with Crippen LogP contribution in [0.1, 0.15) is 0 Å². The van der Waals surface area contributed by atoms with Gasteiger partial charge in [-0.1, -0.05) is 0 Å². The minimum atomic E-state index is -3.98. The van der Waals surface area contributed by atoms with Crippen molar-refractivity contribution in [3.63, 3.8) is 0 Å². The number of hydrogen-bond donors (Lipinski definition) is 1. The first kappa shape index (κ1) is 9.10. The zero-order valence-electron chi connectivity index (χ0n) is 6.77. The van der Waals surface area contributed by atoms with Crippen molar-refractivity contribution in [3.8, 4) is 0 Å². The van der Waals surface area contributed by atoms with Crippen LogP contribution in [0.5, 0.6) is 0 Å². The Balaban J connectivity index is 2.75. The van der Waals surface area contributed by atoms with Gasteiger partial charge in [-0.05, 0) is 12.1 Å². The van der Waals surface area contributed by atoms with Crippen LogP contribution in [0.2, 0.25) is 0 Å². The summed E-state index contributed by atoms with van der Waals surface area (Å²) in [4.78, 5) is 3.53. The molecule has 0 atom stereocenters. The molecule has 0 aliphatic heterocycles. The molecule has 0 fully saturated rings. The summed E-state index contributed by atoms with van der Waals surface area (Å²) >= 11 is 0. The van der Waals surface area contributed by atoms with Crippen LogP contribution in [0, 0.1) is 5.82 Å². The fourth-order valence-corrected chi connectivity index (χ4v) is 1.43. The smallest absolute Gasteiger partial charge is 0.331 e. The summed E-state index contributed by atoms with van der Waals surface area (Å²) in [7, 11) is -3.98. The number of oxazole rings is 1. The van der Waals surface area contributed by atoms with Crippen LogP contribution in [0.15, 0.2) is 27.8 Å². The van der Waals surface area contributed by atoms with Crippen molar-refractivity contribution in [3.05, 3.63) is 24.0 Å². The van der Waals surface area contributed by atoms with Crippen molar-refractivity contribution in [2.45, 2.75) is 5.22 Å². The Labute approximate surface area is 78.4 Å². The normalized spacial score (nSPS) is 12.1. The summed E-state index contributed by atoms with van der Waals surface area (Å²) < 4.78 is 39.1. The Hall–Kier alpha value is -1.47. The number of rotatable bonds is 1. The molecule has 0 spiro atoms. The van der Waals surface area contributed by atoms with E-state index in [4.69, 9.17) is 9.56 Å². The fraction of sp³-hybridized carbons (Fsp3) is 0. The molecular weight excluding hydrogens is 211 g/mol. The van der Waals surface area contributed by atoms with Crippen molar-refractivity contribution in [1.82, 2.24) is 4.98 Å². The maximum atomic E-state index is 12.7. The van der Waals surface area contributed by atoms with Crippen LogP contribution < -0.4 is 5.14 Å². The Morgan fingerprint density at radius 1 is 1.43 bits per heavy atom. The highest BCUT2D eigenvalue weighted by molar-refractivity contribution is 7.88. The number of hydrogen-bond acceptors (Lipinski definition) is 4. The first-order chi connectivity index (χ1) is 6.47. The van der Waals surface area contributed by atoms with Crippen LogP contribution in [-0.4, -0.2) is 13.4 Å². The SMILES string of the molecule is NS(=O)(=O)c1nc2cc(F)ccc2o1. The zero-order chi connectivity index (χ0) is 10.3. The van der Waals surface area contributed by atoms with Gasteiger partial charge in [0.2, 0.25) is 0 Å². The Kier molecular flexibility index (Phi) is 1.79. The van der Waals surface area contributed by atoms with Crippen molar-refractivity contribution < 1.29 is 17.2 Å². The van der Waals surface area contributed by atoms with E-state index in [2.05, 4.69) is 4.98 Å². The largest absolute Gasteiger partial charge is 0.427 e. The minimum absolute atomic E-state index is 0.119. The van der Waals surface area contributed by atoms with E-state index in [1.54, 1.807) is 0 Å². The molecule has 0 aliphatic carbocycles. The van der Waals surface area contributed by atoms with E-state index in [0.29, 0.717) is 0 Å².